The van der Waals surface area contributed by atoms with E-state index in [4.69, 9.17) is 0 Å². The number of hydrogen-bond donors (Lipinski definition) is 2. The molecule has 1 atom stereocenters. The average Bonchev–Trinajstić information content (AvgIpc) is 2.75. The zero-order chi connectivity index (χ0) is 13.7. The van der Waals surface area contributed by atoms with Crippen LogP contribution in [0.3, 0.4) is 0 Å². The van der Waals surface area contributed by atoms with Crippen molar-refractivity contribution in [3.05, 3.63) is 11.1 Å². The maximum atomic E-state index is 11.9. The van der Waals surface area contributed by atoms with Gasteiger partial charge in [0.1, 0.15) is 0 Å². The maximum Gasteiger partial charge on any atom is 0.240 e. The van der Waals surface area contributed by atoms with Gasteiger partial charge in [-0.25, -0.2) is 4.98 Å². The molecular weight excluding hydrogens is 260 g/mol. The van der Waals surface area contributed by atoms with Crippen molar-refractivity contribution in [2.45, 2.75) is 19.8 Å². The van der Waals surface area contributed by atoms with Gasteiger partial charge in [-0.3, -0.25) is 9.69 Å². The van der Waals surface area contributed by atoms with E-state index in [1.165, 1.54) is 24.2 Å². The molecule has 1 amide bonds. The molecule has 2 rings (SSSR count). The van der Waals surface area contributed by atoms with Crippen molar-refractivity contribution in [3.8, 4) is 0 Å². The number of aromatic nitrogens is 1. The van der Waals surface area contributed by atoms with Crippen molar-refractivity contribution in [1.82, 2.24) is 15.2 Å². The molecule has 1 saturated heterocycles. The summed E-state index contributed by atoms with van der Waals surface area (Å²) in [5.41, 5.74) is 0.946. The van der Waals surface area contributed by atoms with E-state index < -0.39 is 0 Å². The Morgan fingerprint density at radius 2 is 2.53 bits per heavy atom. The lowest BCUT2D eigenvalue weighted by Crippen LogP contribution is -2.39. The summed E-state index contributed by atoms with van der Waals surface area (Å²) in [5, 5.41) is 8.87. The molecule has 0 aliphatic carbocycles. The lowest BCUT2D eigenvalue weighted by molar-refractivity contribution is -0.117. The first-order valence-electron chi connectivity index (χ1n) is 6.74. The summed E-state index contributed by atoms with van der Waals surface area (Å²) in [6.45, 7) is 5.52. The molecule has 1 aromatic rings. The van der Waals surface area contributed by atoms with Gasteiger partial charge in [0.2, 0.25) is 5.91 Å². The Balaban J connectivity index is 1.71. The van der Waals surface area contributed by atoms with E-state index in [1.54, 1.807) is 0 Å². The number of thiazole rings is 1. The minimum Gasteiger partial charge on any atom is -0.316 e. The number of likely N-dealkylation sites (N-methyl/N-ethyl adjacent to an activating group) is 1. The highest BCUT2D eigenvalue weighted by atomic mass is 32.1. The van der Waals surface area contributed by atoms with Gasteiger partial charge in [0.25, 0.3) is 0 Å². The van der Waals surface area contributed by atoms with E-state index in [2.05, 4.69) is 20.5 Å². The molecular formula is C13H22N4OS. The molecule has 1 aromatic heterocycles. The van der Waals surface area contributed by atoms with Crippen LogP contribution in [0, 0.1) is 12.8 Å². The number of amides is 1. The second-order valence-corrected chi connectivity index (χ2v) is 6.11. The third kappa shape index (κ3) is 4.89. The average molecular weight is 282 g/mol. The molecule has 2 heterocycles. The zero-order valence-corrected chi connectivity index (χ0v) is 12.4. The minimum atomic E-state index is 0.0145. The van der Waals surface area contributed by atoms with Crippen molar-refractivity contribution in [2.75, 3.05) is 38.5 Å². The van der Waals surface area contributed by atoms with Crippen LogP contribution in [-0.4, -0.2) is 49.0 Å². The van der Waals surface area contributed by atoms with Gasteiger partial charge in [0.15, 0.2) is 5.13 Å². The number of nitrogens with zero attached hydrogens (tertiary/aromatic N) is 2. The van der Waals surface area contributed by atoms with Crippen molar-refractivity contribution in [3.63, 3.8) is 0 Å². The third-order valence-electron chi connectivity index (χ3n) is 3.25. The van der Waals surface area contributed by atoms with Crippen molar-refractivity contribution >= 4 is 22.4 Å². The van der Waals surface area contributed by atoms with Crippen LogP contribution in [0.5, 0.6) is 0 Å². The summed E-state index contributed by atoms with van der Waals surface area (Å²) >= 11 is 1.47. The third-order valence-corrected chi connectivity index (χ3v) is 4.12. The number of anilines is 1. The molecule has 1 aliphatic rings. The summed E-state index contributed by atoms with van der Waals surface area (Å²) in [6.07, 6.45) is 2.49. The maximum absolute atomic E-state index is 11.9. The summed E-state index contributed by atoms with van der Waals surface area (Å²) in [7, 11) is 2.00. The second kappa shape index (κ2) is 6.98. The molecule has 1 fully saturated rings. The molecule has 1 aliphatic heterocycles. The Kier molecular flexibility index (Phi) is 5.30. The summed E-state index contributed by atoms with van der Waals surface area (Å²) in [5.74, 6) is 0.675. The molecule has 2 N–H and O–H groups in total. The molecule has 0 aromatic carbocycles. The molecule has 0 spiro atoms. The van der Waals surface area contributed by atoms with Crippen LogP contribution >= 0.6 is 11.3 Å². The highest BCUT2D eigenvalue weighted by molar-refractivity contribution is 7.13. The Hall–Kier alpha value is -0.980. The van der Waals surface area contributed by atoms with Gasteiger partial charge >= 0.3 is 0 Å². The Morgan fingerprint density at radius 1 is 1.68 bits per heavy atom. The van der Waals surface area contributed by atoms with Gasteiger partial charge in [0, 0.05) is 11.9 Å². The van der Waals surface area contributed by atoms with E-state index in [1.807, 2.05) is 19.4 Å². The van der Waals surface area contributed by atoms with Gasteiger partial charge in [-0.2, -0.15) is 0 Å². The summed E-state index contributed by atoms with van der Waals surface area (Å²) in [4.78, 5) is 18.2. The number of carbonyl (C=O) groups excluding carboxylic acids is 1. The van der Waals surface area contributed by atoms with Crippen LogP contribution in [-0.2, 0) is 4.79 Å². The predicted molar refractivity (Wildman–Crippen MR) is 78.6 cm³/mol. The number of nitrogens with one attached hydrogen (secondary N) is 2. The van der Waals surface area contributed by atoms with Gasteiger partial charge < -0.3 is 10.6 Å². The van der Waals surface area contributed by atoms with Crippen molar-refractivity contribution in [2.24, 2.45) is 5.92 Å². The summed E-state index contributed by atoms with van der Waals surface area (Å²) in [6, 6.07) is 0. The molecule has 19 heavy (non-hydrogen) atoms. The van der Waals surface area contributed by atoms with Crippen LogP contribution in [0.1, 0.15) is 18.5 Å². The van der Waals surface area contributed by atoms with E-state index in [9.17, 15) is 4.79 Å². The Morgan fingerprint density at radius 3 is 3.16 bits per heavy atom. The van der Waals surface area contributed by atoms with Gasteiger partial charge in [-0.15, -0.1) is 11.3 Å². The first-order valence-corrected chi connectivity index (χ1v) is 7.62. The van der Waals surface area contributed by atoms with E-state index in [0.717, 1.165) is 25.3 Å². The van der Waals surface area contributed by atoms with Crippen LogP contribution in [0.4, 0.5) is 5.13 Å². The lowest BCUT2D eigenvalue weighted by atomic mass is 9.99. The van der Waals surface area contributed by atoms with E-state index in [-0.39, 0.29) is 5.91 Å². The topological polar surface area (TPSA) is 57.3 Å². The fraction of sp³-hybridized carbons (Fsp3) is 0.692. The minimum absolute atomic E-state index is 0.0145. The predicted octanol–water partition coefficient (Wildman–Crippen LogP) is 1.32. The first-order chi connectivity index (χ1) is 9.13. The molecule has 0 saturated carbocycles. The molecule has 6 heteroatoms. The molecule has 5 nitrogen and oxygen atoms in total. The molecule has 0 bridgehead atoms. The largest absolute Gasteiger partial charge is 0.316 e. The smallest absolute Gasteiger partial charge is 0.240 e. The number of hydrogen-bond acceptors (Lipinski definition) is 5. The van der Waals surface area contributed by atoms with Crippen LogP contribution in [0.2, 0.25) is 0 Å². The Labute approximate surface area is 118 Å². The number of carbonyl (C=O) groups is 1. The highest BCUT2D eigenvalue weighted by Crippen LogP contribution is 2.14. The fourth-order valence-electron chi connectivity index (χ4n) is 2.40. The quantitative estimate of drug-likeness (QED) is 0.855. The van der Waals surface area contributed by atoms with Crippen LogP contribution in [0.25, 0.3) is 0 Å². The highest BCUT2D eigenvalue weighted by Gasteiger charge is 2.16. The summed E-state index contributed by atoms with van der Waals surface area (Å²) < 4.78 is 0. The monoisotopic (exact) mass is 282 g/mol. The standard InChI is InChI=1S/C13H22N4OS/c1-10-9-19-13(15-10)16-12(18)8-17(2)7-11-4-3-5-14-6-11/h9,11,14H,3-8H2,1-2H3,(H,15,16,18). The molecule has 106 valence electrons. The van der Waals surface area contributed by atoms with Gasteiger partial charge in [-0.1, -0.05) is 0 Å². The normalized spacial score (nSPS) is 19.6. The zero-order valence-electron chi connectivity index (χ0n) is 11.6. The SMILES string of the molecule is Cc1csc(NC(=O)CN(C)CC2CCCNC2)n1. The first kappa shape index (κ1) is 14.4. The van der Waals surface area contributed by atoms with Gasteiger partial charge in [-0.05, 0) is 45.8 Å². The lowest BCUT2D eigenvalue weighted by Gasteiger charge is -2.27. The van der Waals surface area contributed by atoms with E-state index in [0.29, 0.717) is 17.6 Å². The van der Waals surface area contributed by atoms with E-state index >= 15 is 0 Å². The van der Waals surface area contributed by atoms with Crippen molar-refractivity contribution < 1.29 is 4.79 Å². The van der Waals surface area contributed by atoms with Crippen LogP contribution in [0.15, 0.2) is 5.38 Å². The van der Waals surface area contributed by atoms with Gasteiger partial charge in [0.05, 0.1) is 12.2 Å². The Bertz CT molecular complexity index is 415. The number of rotatable bonds is 5. The molecule has 1 unspecified atom stereocenters. The fourth-order valence-corrected chi connectivity index (χ4v) is 3.10. The number of piperidine rings is 1. The van der Waals surface area contributed by atoms with Crippen LogP contribution < -0.4 is 10.6 Å². The number of aryl methyl sites for hydroxylation is 1. The molecule has 0 radical (unpaired) electrons. The second-order valence-electron chi connectivity index (χ2n) is 5.25. The van der Waals surface area contributed by atoms with Crippen molar-refractivity contribution in [1.29, 1.82) is 0 Å².